The van der Waals surface area contributed by atoms with Gasteiger partial charge < -0.3 is 20.7 Å². The zero-order valence-electron chi connectivity index (χ0n) is 12.6. The monoisotopic (exact) mass is 325 g/mol. The van der Waals surface area contributed by atoms with E-state index in [0.717, 1.165) is 17.0 Å². The average Bonchev–Trinajstić information content (AvgIpc) is 2.75. The second-order valence-electron chi connectivity index (χ2n) is 5.09. The number of esters is 1. The van der Waals surface area contributed by atoms with E-state index in [1.54, 1.807) is 6.92 Å². The summed E-state index contributed by atoms with van der Waals surface area (Å²) in [4.78, 5) is 38.1. The molecule has 0 aliphatic carbocycles. The van der Waals surface area contributed by atoms with Crippen molar-refractivity contribution in [3.05, 3.63) is 16.0 Å². The normalized spacial score (nSPS) is 14.3. The van der Waals surface area contributed by atoms with Crippen LogP contribution in [0.25, 0.3) is 0 Å². The van der Waals surface area contributed by atoms with Crippen molar-refractivity contribution < 1.29 is 19.1 Å². The lowest BCUT2D eigenvalue weighted by Crippen LogP contribution is -2.27. The van der Waals surface area contributed by atoms with Crippen LogP contribution in [0.2, 0.25) is 0 Å². The van der Waals surface area contributed by atoms with Crippen LogP contribution in [-0.4, -0.2) is 42.9 Å². The molecule has 0 atom stereocenters. The Morgan fingerprint density at radius 3 is 2.77 bits per heavy atom. The summed E-state index contributed by atoms with van der Waals surface area (Å²) in [6, 6.07) is 0. The Morgan fingerprint density at radius 2 is 2.14 bits per heavy atom. The van der Waals surface area contributed by atoms with Crippen molar-refractivity contribution in [1.29, 1.82) is 0 Å². The molecule has 0 unspecified atom stereocenters. The Morgan fingerprint density at radius 1 is 1.41 bits per heavy atom. The lowest BCUT2D eigenvalue weighted by Gasteiger charge is -2.22. The van der Waals surface area contributed by atoms with Gasteiger partial charge in [-0.1, -0.05) is 0 Å². The second-order valence-corrected chi connectivity index (χ2v) is 6.20. The van der Waals surface area contributed by atoms with Gasteiger partial charge in [0.05, 0.1) is 12.2 Å². The fraction of sp³-hybridized carbons (Fsp3) is 0.500. The highest BCUT2D eigenvalue weighted by molar-refractivity contribution is 7.17. The maximum absolute atomic E-state index is 11.9. The number of hydrogen-bond acceptors (Lipinski definition) is 6. The first-order valence-electron chi connectivity index (χ1n) is 7.00. The molecule has 0 saturated carbocycles. The molecule has 0 spiro atoms. The fourth-order valence-corrected chi connectivity index (χ4v) is 3.74. The molecule has 0 saturated heterocycles. The van der Waals surface area contributed by atoms with E-state index < -0.39 is 17.8 Å². The molecule has 1 aromatic heterocycles. The number of nitrogens with one attached hydrogen (secondary N) is 1. The average molecular weight is 325 g/mol. The van der Waals surface area contributed by atoms with Gasteiger partial charge in [-0.2, -0.15) is 0 Å². The number of rotatable bonds is 5. The lowest BCUT2D eigenvalue weighted by atomic mass is 10.0. The van der Waals surface area contributed by atoms with E-state index in [9.17, 15) is 14.4 Å². The molecule has 120 valence electrons. The number of carbonyl (C=O) groups excluding carboxylic acids is 3. The Hall–Kier alpha value is -1.93. The Kier molecular flexibility index (Phi) is 5.15. The molecule has 8 heteroatoms. The van der Waals surface area contributed by atoms with E-state index in [1.165, 1.54) is 11.3 Å². The highest BCUT2D eigenvalue weighted by Crippen LogP contribution is 2.36. The van der Waals surface area contributed by atoms with Crippen LogP contribution in [0.3, 0.4) is 0 Å². The zero-order valence-corrected chi connectivity index (χ0v) is 13.4. The van der Waals surface area contributed by atoms with Gasteiger partial charge in [0.25, 0.3) is 5.91 Å². The van der Waals surface area contributed by atoms with Crippen LogP contribution >= 0.6 is 11.3 Å². The number of fused-ring (bicyclic) bond motifs is 1. The minimum atomic E-state index is -0.596. The van der Waals surface area contributed by atoms with Crippen LogP contribution in [0.1, 0.15) is 34.1 Å². The minimum Gasteiger partial charge on any atom is -0.466 e. The summed E-state index contributed by atoms with van der Waals surface area (Å²) in [5, 5.41) is 3.03. The summed E-state index contributed by atoms with van der Waals surface area (Å²) in [5.74, 6) is -1.66. The highest BCUT2D eigenvalue weighted by Gasteiger charge is 2.26. The molecule has 2 amide bonds. The molecule has 0 radical (unpaired) electrons. The Bertz CT molecular complexity index is 611. The first-order chi connectivity index (χ1) is 10.4. The molecule has 1 aliphatic rings. The third-order valence-corrected chi connectivity index (χ3v) is 4.49. The lowest BCUT2D eigenvalue weighted by molar-refractivity contribution is -0.145. The Labute approximate surface area is 132 Å². The largest absolute Gasteiger partial charge is 0.466 e. The van der Waals surface area contributed by atoms with E-state index in [1.807, 2.05) is 7.05 Å². The number of thiophene rings is 1. The number of likely N-dealkylation sites (N-methyl/N-ethyl adjacent to an activating group) is 1. The van der Waals surface area contributed by atoms with Crippen molar-refractivity contribution in [2.75, 3.05) is 25.5 Å². The molecule has 2 heterocycles. The predicted molar refractivity (Wildman–Crippen MR) is 82.8 cm³/mol. The van der Waals surface area contributed by atoms with Crippen LogP contribution in [0.4, 0.5) is 5.00 Å². The van der Waals surface area contributed by atoms with Crippen LogP contribution in [-0.2, 0) is 27.3 Å². The molecule has 7 nitrogen and oxygen atoms in total. The standard InChI is InChI=1S/C14H19N3O4S/c1-3-21-11(19)6-10(18)16-14-12(13(15)20)8-4-5-17(2)7-9(8)22-14/h3-7H2,1-2H3,(H2,15,20)(H,16,18). The van der Waals surface area contributed by atoms with E-state index in [2.05, 4.69) is 10.2 Å². The topological polar surface area (TPSA) is 102 Å². The van der Waals surface area contributed by atoms with Crippen LogP contribution < -0.4 is 11.1 Å². The zero-order chi connectivity index (χ0) is 16.3. The molecular weight excluding hydrogens is 306 g/mol. The second kappa shape index (κ2) is 6.89. The predicted octanol–water partition coefficient (Wildman–Crippen LogP) is 0.727. The summed E-state index contributed by atoms with van der Waals surface area (Å²) < 4.78 is 4.73. The first kappa shape index (κ1) is 16.4. The molecule has 1 aromatic rings. The fourth-order valence-electron chi connectivity index (χ4n) is 2.39. The van der Waals surface area contributed by atoms with Gasteiger partial charge in [-0.25, -0.2) is 0 Å². The van der Waals surface area contributed by atoms with E-state index in [-0.39, 0.29) is 13.0 Å². The molecule has 0 bridgehead atoms. The molecule has 3 N–H and O–H groups in total. The summed E-state index contributed by atoms with van der Waals surface area (Å²) in [7, 11) is 1.99. The quantitative estimate of drug-likeness (QED) is 0.614. The van der Waals surface area contributed by atoms with Crippen molar-refractivity contribution in [2.24, 2.45) is 5.73 Å². The number of hydrogen-bond donors (Lipinski definition) is 2. The molecule has 22 heavy (non-hydrogen) atoms. The van der Waals surface area contributed by atoms with Crippen LogP contribution in [0, 0.1) is 0 Å². The maximum atomic E-state index is 11.9. The highest BCUT2D eigenvalue weighted by atomic mass is 32.1. The summed E-state index contributed by atoms with van der Waals surface area (Å²) in [5.41, 5.74) is 6.72. The summed E-state index contributed by atoms with van der Waals surface area (Å²) in [6.07, 6.45) is 0.336. The van der Waals surface area contributed by atoms with E-state index in [4.69, 9.17) is 10.5 Å². The number of anilines is 1. The van der Waals surface area contributed by atoms with Crippen molar-refractivity contribution >= 4 is 34.1 Å². The summed E-state index contributed by atoms with van der Waals surface area (Å²) in [6.45, 7) is 3.44. The smallest absolute Gasteiger partial charge is 0.315 e. The van der Waals surface area contributed by atoms with Crippen molar-refractivity contribution in [2.45, 2.75) is 26.3 Å². The number of ether oxygens (including phenoxy) is 1. The van der Waals surface area contributed by atoms with Gasteiger partial charge in [0.1, 0.15) is 11.4 Å². The van der Waals surface area contributed by atoms with Crippen LogP contribution in [0.5, 0.6) is 0 Å². The van der Waals surface area contributed by atoms with Gasteiger partial charge in [0, 0.05) is 18.0 Å². The van der Waals surface area contributed by atoms with Crippen LogP contribution in [0.15, 0.2) is 0 Å². The van der Waals surface area contributed by atoms with Gasteiger partial charge in [0.2, 0.25) is 5.91 Å². The molecule has 0 fully saturated rings. The van der Waals surface area contributed by atoms with Gasteiger partial charge in [-0.3, -0.25) is 14.4 Å². The van der Waals surface area contributed by atoms with Gasteiger partial charge >= 0.3 is 5.97 Å². The van der Waals surface area contributed by atoms with Crippen molar-refractivity contribution in [3.8, 4) is 0 Å². The van der Waals surface area contributed by atoms with Gasteiger partial charge in [0.15, 0.2) is 0 Å². The van der Waals surface area contributed by atoms with E-state index >= 15 is 0 Å². The molecule has 1 aliphatic heterocycles. The van der Waals surface area contributed by atoms with Crippen molar-refractivity contribution in [1.82, 2.24) is 4.90 Å². The maximum Gasteiger partial charge on any atom is 0.315 e. The number of primary amides is 1. The molecular formula is C14H19N3O4S. The Balaban J connectivity index is 2.18. The van der Waals surface area contributed by atoms with E-state index in [0.29, 0.717) is 23.5 Å². The number of nitrogens with zero attached hydrogens (tertiary/aromatic N) is 1. The number of amides is 2. The number of carbonyl (C=O) groups is 3. The minimum absolute atomic E-state index is 0.221. The third kappa shape index (κ3) is 3.63. The van der Waals surface area contributed by atoms with Gasteiger partial charge in [-0.15, -0.1) is 11.3 Å². The SMILES string of the molecule is CCOC(=O)CC(=O)Nc1sc2c(c1C(N)=O)CCN(C)C2. The number of nitrogens with two attached hydrogens (primary N) is 1. The molecule has 0 aromatic carbocycles. The third-order valence-electron chi connectivity index (χ3n) is 3.36. The molecule has 2 rings (SSSR count). The van der Waals surface area contributed by atoms with Gasteiger partial charge in [-0.05, 0) is 26.0 Å². The summed E-state index contributed by atoms with van der Waals surface area (Å²) >= 11 is 1.34. The first-order valence-corrected chi connectivity index (χ1v) is 7.82. The van der Waals surface area contributed by atoms with Crippen molar-refractivity contribution in [3.63, 3.8) is 0 Å².